The molecule has 0 aliphatic carbocycles. The molecule has 0 fully saturated rings. The number of nitrogens with one attached hydrogen (secondary N) is 1. The molecule has 0 radical (unpaired) electrons. The van der Waals surface area contributed by atoms with E-state index >= 15 is 0 Å². The van der Waals surface area contributed by atoms with Crippen LogP contribution < -0.4 is 10.1 Å². The van der Waals surface area contributed by atoms with Crippen LogP contribution in [0.2, 0.25) is 0 Å². The quantitative estimate of drug-likeness (QED) is 0.436. The van der Waals surface area contributed by atoms with Gasteiger partial charge in [0, 0.05) is 16.8 Å². The van der Waals surface area contributed by atoms with Crippen LogP contribution in [0.5, 0.6) is 6.01 Å². The topological polar surface area (TPSA) is 69.0 Å². The molecule has 1 amide bonds. The second kappa shape index (κ2) is 9.06. The van der Waals surface area contributed by atoms with Crippen LogP contribution in [0.4, 0.5) is 5.69 Å². The van der Waals surface area contributed by atoms with Crippen molar-refractivity contribution in [2.75, 3.05) is 5.32 Å². The number of carbonyl (C=O) groups is 1. The standard InChI is InChI=1S/C26H26N4O2/c1-17(2)32-26-28-24(22-11-7-5-9-18(22)3)30(29-26)21-15-13-20(14-16-21)27-25(31)23-12-8-6-10-19(23)4/h5-17H,1-4H3,(H,27,31). The van der Waals surface area contributed by atoms with Crippen molar-refractivity contribution in [3.05, 3.63) is 89.5 Å². The van der Waals surface area contributed by atoms with Crippen LogP contribution in [-0.2, 0) is 0 Å². The van der Waals surface area contributed by atoms with Crippen LogP contribution in [0.3, 0.4) is 0 Å². The third-order valence-corrected chi connectivity index (χ3v) is 5.07. The van der Waals surface area contributed by atoms with Gasteiger partial charge in [0.15, 0.2) is 5.82 Å². The first-order chi connectivity index (χ1) is 15.4. The van der Waals surface area contributed by atoms with Crippen molar-refractivity contribution >= 4 is 11.6 Å². The molecule has 0 saturated carbocycles. The molecular formula is C26H26N4O2. The highest BCUT2D eigenvalue weighted by Gasteiger charge is 2.17. The molecule has 0 spiro atoms. The highest BCUT2D eigenvalue weighted by Crippen LogP contribution is 2.27. The predicted octanol–water partition coefficient (Wildman–Crippen LogP) is 5.59. The fraction of sp³-hybridized carbons (Fsp3) is 0.192. The van der Waals surface area contributed by atoms with Crippen molar-refractivity contribution in [3.63, 3.8) is 0 Å². The minimum absolute atomic E-state index is 0.0328. The first kappa shape index (κ1) is 21.3. The number of aromatic nitrogens is 3. The number of benzene rings is 3. The summed E-state index contributed by atoms with van der Waals surface area (Å²) in [5.74, 6) is 0.570. The van der Waals surface area contributed by atoms with Crippen LogP contribution in [0.25, 0.3) is 17.1 Å². The van der Waals surface area contributed by atoms with Gasteiger partial charge in [-0.05, 0) is 69.2 Å². The Morgan fingerprint density at radius 1 is 0.906 bits per heavy atom. The van der Waals surface area contributed by atoms with Gasteiger partial charge < -0.3 is 10.1 Å². The summed E-state index contributed by atoms with van der Waals surface area (Å²) in [6, 6.07) is 23.4. The zero-order valence-corrected chi connectivity index (χ0v) is 18.7. The van der Waals surface area contributed by atoms with Crippen molar-refractivity contribution in [2.24, 2.45) is 0 Å². The molecule has 0 bridgehead atoms. The number of rotatable bonds is 6. The lowest BCUT2D eigenvalue weighted by Gasteiger charge is -2.10. The Bertz CT molecular complexity index is 1240. The van der Waals surface area contributed by atoms with Gasteiger partial charge in [-0.1, -0.05) is 42.5 Å². The third kappa shape index (κ3) is 4.54. The van der Waals surface area contributed by atoms with Gasteiger partial charge >= 0.3 is 6.01 Å². The van der Waals surface area contributed by atoms with E-state index in [-0.39, 0.29) is 12.0 Å². The number of hydrogen-bond acceptors (Lipinski definition) is 4. The minimum Gasteiger partial charge on any atom is -0.460 e. The van der Waals surface area contributed by atoms with Crippen molar-refractivity contribution in [1.82, 2.24) is 14.8 Å². The lowest BCUT2D eigenvalue weighted by molar-refractivity contribution is 0.102. The summed E-state index contributed by atoms with van der Waals surface area (Å²) in [6.45, 7) is 7.86. The zero-order valence-electron chi connectivity index (χ0n) is 18.7. The molecule has 0 atom stereocenters. The van der Waals surface area contributed by atoms with E-state index in [9.17, 15) is 4.79 Å². The predicted molar refractivity (Wildman–Crippen MR) is 126 cm³/mol. The summed E-state index contributed by atoms with van der Waals surface area (Å²) < 4.78 is 7.53. The van der Waals surface area contributed by atoms with Crippen LogP contribution in [-0.4, -0.2) is 26.8 Å². The number of nitrogens with zero attached hydrogens (tertiary/aromatic N) is 3. The molecule has 0 saturated heterocycles. The summed E-state index contributed by atoms with van der Waals surface area (Å²) >= 11 is 0. The molecule has 0 aliphatic rings. The van der Waals surface area contributed by atoms with Gasteiger partial charge in [-0.2, -0.15) is 4.98 Å². The number of aryl methyl sites for hydroxylation is 2. The Labute approximate surface area is 187 Å². The first-order valence-electron chi connectivity index (χ1n) is 10.6. The molecule has 3 aromatic carbocycles. The highest BCUT2D eigenvalue weighted by atomic mass is 16.5. The third-order valence-electron chi connectivity index (χ3n) is 5.07. The molecule has 0 unspecified atom stereocenters. The number of carbonyl (C=O) groups excluding carboxylic acids is 1. The van der Waals surface area contributed by atoms with E-state index in [4.69, 9.17) is 4.74 Å². The average Bonchev–Trinajstić information content (AvgIpc) is 3.17. The van der Waals surface area contributed by atoms with Gasteiger partial charge in [-0.25, -0.2) is 4.68 Å². The smallest absolute Gasteiger partial charge is 0.336 e. The second-order valence-corrected chi connectivity index (χ2v) is 7.93. The Hall–Kier alpha value is -3.93. The van der Waals surface area contributed by atoms with Crippen molar-refractivity contribution in [3.8, 4) is 23.1 Å². The molecule has 4 rings (SSSR count). The van der Waals surface area contributed by atoms with E-state index in [1.807, 2.05) is 100 Å². The first-order valence-corrected chi connectivity index (χ1v) is 10.6. The zero-order chi connectivity index (χ0) is 22.7. The van der Waals surface area contributed by atoms with Crippen LogP contribution in [0.1, 0.15) is 35.3 Å². The molecule has 0 aliphatic heterocycles. The molecular weight excluding hydrogens is 400 g/mol. The van der Waals surface area contributed by atoms with Crippen LogP contribution in [0.15, 0.2) is 72.8 Å². The largest absolute Gasteiger partial charge is 0.460 e. The SMILES string of the molecule is Cc1ccccc1C(=O)Nc1ccc(-n2nc(OC(C)C)nc2-c2ccccc2C)cc1. The molecule has 1 aromatic heterocycles. The van der Waals surface area contributed by atoms with E-state index < -0.39 is 0 Å². The normalized spacial score (nSPS) is 10.9. The van der Waals surface area contributed by atoms with E-state index in [1.165, 1.54) is 0 Å². The maximum atomic E-state index is 12.6. The van der Waals surface area contributed by atoms with Crippen LogP contribution >= 0.6 is 0 Å². The maximum Gasteiger partial charge on any atom is 0.336 e. The van der Waals surface area contributed by atoms with Gasteiger partial charge in [-0.3, -0.25) is 4.79 Å². The van der Waals surface area contributed by atoms with Crippen molar-refractivity contribution in [1.29, 1.82) is 0 Å². The van der Waals surface area contributed by atoms with Crippen LogP contribution in [0, 0.1) is 13.8 Å². The number of amides is 1. The van der Waals surface area contributed by atoms with E-state index in [2.05, 4.69) is 15.4 Å². The summed E-state index contributed by atoms with van der Waals surface area (Å²) in [6.07, 6.45) is -0.0328. The highest BCUT2D eigenvalue weighted by molar-refractivity contribution is 6.05. The average molecular weight is 427 g/mol. The lowest BCUT2D eigenvalue weighted by atomic mass is 10.1. The van der Waals surface area contributed by atoms with E-state index in [0.29, 0.717) is 23.1 Å². The number of anilines is 1. The van der Waals surface area contributed by atoms with Gasteiger partial charge in [0.2, 0.25) is 0 Å². The Kier molecular flexibility index (Phi) is 6.03. The summed E-state index contributed by atoms with van der Waals surface area (Å²) in [7, 11) is 0. The summed E-state index contributed by atoms with van der Waals surface area (Å²) in [5.41, 5.74) is 5.20. The van der Waals surface area contributed by atoms with E-state index in [1.54, 1.807) is 4.68 Å². The van der Waals surface area contributed by atoms with Crippen molar-refractivity contribution < 1.29 is 9.53 Å². The van der Waals surface area contributed by atoms with Gasteiger partial charge in [0.25, 0.3) is 5.91 Å². The summed E-state index contributed by atoms with van der Waals surface area (Å²) in [4.78, 5) is 17.3. The Morgan fingerprint density at radius 3 is 2.22 bits per heavy atom. The number of hydrogen-bond donors (Lipinski definition) is 1. The monoisotopic (exact) mass is 426 g/mol. The van der Waals surface area contributed by atoms with Gasteiger partial charge in [0.1, 0.15) is 0 Å². The molecule has 4 aromatic rings. The Morgan fingerprint density at radius 2 is 1.56 bits per heavy atom. The summed E-state index contributed by atoms with van der Waals surface area (Å²) in [5, 5.41) is 7.54. The van der Waals surface area contributed by atoms with E-state index in [0.717, 1.165) is 22.4 Å². The van der Waals surface area contributed by atoms with Gasteiger partial charge in [0.05, 0.1) is 11.8 Å². The lowest BCUT2D eigenvalue weighted by Crippen LogP contribution is -2.13. The Balaban J connectivity index is 1.65. The molecule has 6 heteroatoms. The fourth-order valence-electron chi connectivity index (χ4n) is 3.44. The fourth-order valence-corrected chi connectivity index (χ4v) is 3.44. The second-order valence-electron chi connectivity index (χ2n) is 7.93. The molecule has 32 heavy (non-hydrogen) atoms. The molecule has 162 valence electrons. The molecule has 6 nitrogen and oxygen atoms in total. The molecule has 1 heterocycles. The maximum absolute atomic E-state index is 12.6. The number of ether oxygens (including phenoxy) is 1. The molecule has 1 N–H and O–H groups in total. The van der Waals surface area contributed by atoms with Gasteiger partial charge in [-0.15, -0.1) is 5.10 Å². The van der Waals surface area contributed by atoms with Crippen molar-refractivity contribution in [2.45, 2.75) is 33.8 Å². The minimum atomic E-state index is -0.134.